The number of amides is 2. The molecule has 1 atom stereocenters. The molecule has 0 radical (unpaired) electrons. The summed E-state index contributed by atoms with van der Waals surface area (Å²) in [5, 5.41) is 0.410. The maximum atomic E-state index is 13.2. The summed E-state index contributed by atoms with van der Waals surface area (Å²) in [4.78, 5) is 28.9. The normalized spacial score (nSPS) is 20.3. The van der Waals surface area contributed by atoms with Crippen molar-refractivity contribution in [2.75, 3.05) is 25.4 Å². The van der Waals surface area contributed by atoms with Crippen molar-refractivity contribution in [3.63, 3.8) is 0 Å². The topological polar surface area (TPSA) is 40.6 Å². The number of halogens is 2. The number of benzene rings is 2. The number of hydrogen-bond acceptors (Lipinski definition) is 3. The highest BCUT2D eigenvalue weighted by atomic mass is 35.5. The zero-order valence-electron chi connectivity index (χ0n) is 15.9. The van der Waals surface area contributed by atoms with Crippen molar-refractivity contribution < 1.29 is 14.0 Å². The maximum absolute atomic E-state index is 13.2. The van der Waals surface area contributed by atoms with Crippen LogP contribution in [0.5, 0.6) is 0 Å². The van der Waals surface area contributed by atoms with Crippen LogP contribution in [-0.4, -0.2) is 47.0 Å². The maximum Gasteiger partial charge on any atom is 0.255 e. The Hall–Kier alpha value is -2.05. The van der Waals surface area contributed by atoms with Gasteiger partial charge in [-0.15, -0.1) is 11.8 Å². The van der Waals surface area contributed by atoms with Crippen molar-refractivity contribution in [2.45, 2.75) is 18.2 Å². The lowest BCUT2D eigenvalue weighted by Gasteiger charge is -2.35. The molecule has 2 aliphatic rings. The van der Waals surface area contributed by atoms with E-state index in [1.165, 1.54) is 12.1 Å². The molecule has 2 heterocycles. The largest absolute Gasteiger partial charge is 0.339 e. The third-order valence-corrected chi connectivity index (χ3v) is 7.17. The lowest BCUT2D eigenvalue weighted by Crippen LogP contribution is -2.42. The lowest BCUT2D eigenvalue weighted by atomic mass is 9.95. The highest BCUT2D eigenvalue weighted by Gasteiger charge is 2.35. The van der Waals surface area contributed by atoms with Crippen LogP contribution in [0.15, 0.2) is 48.5 Å². The van der Waals surface area contributed by atoms with Crippen LogP contribution >= 0.6 is 23.4 Å². The molecule has 2 aliphatic heterocycles. The Balaban J connectivity index is 1.37. The van der Waals surface area contributed by atoms with Crippen LogP contribution in [-0.2, 0) is 4.79 Å². The van der Waals surface area contributed by atoms with Crippen LogP contribution in [0.25, 0.3) is 0 Å². The number of rotatable bonds is 4. The zero-order valence-corrected chi connectivity index (χ0v) is 17.5. The first-order valence-corrected chi connectivity index (χ1v) is 11.2. The first-order chi connectivity index (χ1) is 14.0. The monoisotopic (exact) mass is 432 g/mol. The summed E-state index contributed by atoms with van der Waals surface area (Å²) in [5.74, 6) is 0.609. The van der Waals surface area contributed by atoms with E-state index < -0.39 is 0 Å². The second kappa shape index (κ2) is 8.76. The highest BCUT2D eigenvalue weighted by Crippen LogP contribution is 2.39. The number of hydrogen-bond donors (Lipinski definition) is 0. The van der Waals surface area contributed by atoms with Crippen LogP contribution in [0.4, 0.5) is 4.39 Å². The molecule has 2 amide bonds. The predicted molar refractivity (Wildman–Crippen MR) is 113 cm³/mol. The first kappa shape index (κ1) is 20.2. The molecule has 7 heteroatoms. The van der Waals surface area contributed by atoms with Crippen LogP contribution in [0.1, 0.15) is 34.1 Å². The van der Waals surface area contributed by atoms with Gasteiger partial charge in [0.05, 0.1) is 16.3 Å². The Labute approximate surface area is 179 Å². The fraction of sp³-hybridized carbons (Fsp3) is 0.364. The van der Waals surface area contributed by atoms with E-state index in [9.17, 15) is 14.0 Å². The van der Waals surface area contributed by atoms with Crippen LogP contribution < -0.4 is 0 Å². The van der Waals surface area contributed by atoms with Gasteiger partial charge in [-0.1, -0.05) is 35.9 Å². The summed E-state index contributed by atoms with van der Waals surface area (Å²) in [6.45, 7) is 1.98. The molecule has 4 rings (SSSR count). The van der Waals surface area contributed by atoms with E-state index >= 15 is 0 Å². The van der Waals surface area contributed by atoms with Crippen LogP contribution in [0.2, 0.25) is 5.02 Å². The van der Waals surface area contributed by atoms with Gasteiger partial charge in [-0.05, 0) is 48.6 Å². The van der Waals surface area contributed by atoms with Gasteiger partial charge in [-0.3, -0.25) is 9.59 Å². The molecule has 29 heavy (non-hydrogen) atoms. The van der Waals surface area contributed by atoms with Crippen molar-refractivity contribution in [3.05, 3.63) is 70.5 Å². The van der Waals surface area contributed by atoms with Crippen molar-refractivity contribution >= 4 is 35.2 Å². The number of nitrogens with zero attached hydrogens (tertiary/aromatic N) is 2. The summed E-state index contributed by atoms with van der Waals surface area (Å²) in [6.07, 6.45) is 1.70. The molecular formula is C22H22ClFN2O2S. The average molecular weight is 433 g/mol. The second-order valence-corrected chi connectivity index (χ2v) is 8.95. The number of thioether (sulfide) groups is 1. The molecule has 2 aromatic carbocycles. The second-order valence-electron chi connectivity index (χ2n) is 7.48. The molecule has 0 aliphatic carbocycles. The van der Waals surface area contributed by atoms with Gasteiger partial charge in [0, 0.05) is 19.6 Å². The first-order valence-electron chi connectivity index (χ1n) is 9.73. The van der Waals surface area contributed by atoms with Gasteiger partial charge in [-0.2, -0.15) is 0 Å². The highest BCUT2D eigenvalue weighted by molar-refractivity contribution is 8.00. The van der Waals surface area contributed by atoms with Gasteiger partial charge in [0.2, 0.25) is 5.91 Å². The Bertz CT molecular complexity index is 900. The minimum Gasteiger partial charge on any atom is -0.339 e. The van der Waals surface area contributed by atoms with E-state index in [1.54, 1.807) is 36.0 Å². The Kier molecular flexibility index (Phi) is 6.11. The summed E-state index contributed by atoms with van der Waals surface area (Å²) < 4.78 is 13.2. The molecule has 4 nitrogen and oxygen atoms in total. The van der Waals surface area contributed by atoms with Crippen LogP contribution in [0.3, 0.4) is 0 Å². The third kappa shape index (κ3) is 4.43. The predicted octanol–water partition coefficient (Wildman–Crippen LogP) is 4.61. The molecule has 1 unspecified atom stereocenters. The average Bonchev–Trinajstić information content (AvgIpc) is 3.09. The van der Waals surface area contributed by atoms with Crippen molar-refractivity contribution in [3.8, 4) is 0 Å². The Morgan fingerprint density at radius 3 is 2.48 bits per heavy atom. The van der Waals surface area contributed by atoms with Gasteiger partial charge < -0.3 is 9.80 Å². The Morgan fingerprint density at radius 1 is 1.10 bits per heavy atom. The van der Waals surface area contributed by atoms with Gasteiger partial charge in [0.1, 0.15) is 11.2 Å². The van der Waals surface area contributed by atoms with Gasteiger partial charge in [-0.25, -0.2) is 4.39 Å². The van der Waals surface area contributed by atoms with Crippen molar-refractivity contribution in [2.24, 2.45) is 5.92 Å². The van der Waals surface area contributed by atoms with Crippen molar-refractivity contribution in [1.29, 1.82) is 0 Å². The SMILES string of the molecule is O=C(c1ccccc1Cl)N1CCC(CN2C(=O)CSC2c2ccc(F)cc2)CC1. The number of carbonyl (C=O) groups is 2. The lowest BCUT2D eigenvalue weighted by molar-refractivity contribution is -0.128. The van der Waals surface area contributed by atoms with E-state index in [4.69, 9.17) is 11.6 Å². The minimum atomic E-state index is -0.273. The molecule has 0 aromatic heterocycles. The molecule has 2 fully saturated rings. The molecule has 152 valence electrons. The van der Waals surface area contributed by atoms with E-state index in [-0.39, 0.29) is 23.0 Å². The molecule has 0 bridgehead atoms. The molecule has 0 N–H and O–H groups in total. The van der Waals surface area contributed by atoms with Crippen LogP contribution in [0, 0.1) is 11.7 Å². The van der Waals surface area contributed by atoms with Gasteiger partial charge in [0.25, 0.3) is 5.91 Å². The smallest absolute Gasteiger partial charge is 0.255 e. The van der Waals surface area contributed by atoms with E-state index in [0.29, 0.717) is 41.9 Å². The molecular weight excluding hydrogens is 411 g/mol. The number of carbonyl (C=O) groups excluding carboxylic acids is 2. The zero-order chi connectivity index (χ0) is 20.4. The van der Waals surface area contributed by atoms with Crippen molar-refractivity contribution in [1.82, 2.24) is 9.80 Å². The van der Waals surface area contributed by atoms with E-state index in [0.717, 1.165) is 18.4 Å². The number of likely N-dealkylation sites (tertiary alicyclic amines) is 1. The van der Waals surface area contributed by atoms with Gasteiger partial charge >= 0.3 is 0 Å². The van der Waals surface area contributed by atoms with Gasteiger partial charge in [0.15, 0.2) is 0 Å². The molecule has 0 spiro atoms. The van der Waals surface area contributed by atoms with E-state index in [1.807, 2.05) is 21.9 Å². The standard InChI is InChI=1S/C22H22ClFN2O2S/c23-19-4-2-1-3-18(19)21(28)25-11-9-15(10-12-25)13-26-20(27)14-29-22(26)16-5-7-17(24)8-6-16/h1-8,15,22H,9-14H2. The fourth-order valence-corrected chi connectivity index (χ4v) is 5.37. The number of piperidine rings is 1. The van der Waals surface area contributed by atoms with E-state index in [2.05, 4.69) is 0 Å². The minimum absolute atomic E-state index is 0.0361. The summed E-state index contributed by atoms with van der Waals surface area (Å²) in [6, 6.07) is 13.5. The summed E-state index contributed by atoms with van der Waals surface area (Å²) in [5.41, 5.74) is 1.49. The summed E-state index contributed by atoms with van der Waals surface area (Å²) in [7, 11) is 0. The summed E-state index contributed by atoms with van der Waals surface area (Å²) >= 11 is 7.75. The molecule has 2 aromatic rings. The molecule has 0 saturated carbocycles. The molecule has 2 saturated heterocycles. The fourth-order valence-electron chi connectivity index (χ4n) is 3.96. The Morgan fingerprint density at radius 2 is 1.79 bits per heavy atom. The quantitative estimate of drug-likeness (QED) is 0.708. The third-order valence-electron chi connectivity index (χ3n) is 5.58.